The van der Waals surface area contributed by atoms with Crippen molar-refractivity contribution in [3.8, 4) is 0 Å². The molecule has 3 heterocycles. The Balaban J connectivity index is 1.66. The molecule has 0 spiro atoms. The number of anilines is 2. The topological polar surface area (TPSA) is 67.4 Å². The number of hydrogen-bond acceptors (Lipinski definition) is 6. The quantitative estimate of drug-likeness (QED) is 0.936. The van der Waals surface area contributed by atoms with Gasteiger partial charge < -0.3 is 15.0 Å². The normalized spacial score (nSPS) is 21.3. The first-order chi connectivity index (χ1) is 11.0. The van der Waals surface area contributed by atoms with E-state index in [0.29, 0.717) is 11.4 Å². The summed E-state index contributed by atoms with van der Waals surface area (Å²) in [6.45, 7) is 7.64. The molecule has 2 aromatic heterocycles. The molecule has 7 heteroatoms. The predicted molar refractivity (Wildman–Crippen MR) is 91.3 cm³/mol. The van der Waals surface area contributed by atoms with Gasteiger partial charge >= 0.3 is 0 Å². The van der Waals surface area contributed by atoms with Gasteiger partial charge in [-0.25, -0.2) is 9.97 Å². The SMILES string of the molecule is Cc1nc(C(=O)Nc2ccc(N3CC(C)OC(C)C3)nc2)cs1. The van der Waals surface area contributed by atoms with E-state index in [4.69, 9.17) is 4.74 Å². The molecule has 122 valence electrons. The maximum Gasteiger partial charge on any atom is 0.275 e. The summed E-state index contributed by atoms with van der Waals surface area (Å²) in [4.78, 5) is 22.9. The van der Waals surface area contributed by atoms with Gasteiger partial charge in [0.2, 0.25) is 0 Å². The number of ether oxygens (including phenoxy) is 1. The number of aromatic nitrogens is 2. The number of hydrogen-bond donors (Lipinski definition) is 1. The Kier molecular flexibility index (Phi) is 4.58. The van der Waals surface area contributed by atoms with E-state index < -0.39 is 0 Å². The number of amides is 1. The van der Waals surface area contributed by atoms with Gasteiger partial charge in [0.1, 0.15) is 11.5 Å². The lowest BCUT2D eigenvalue weighted by molar-refractivity contribution is -0.00545. The summed E-state index contributed by atoms with van der Waals surface area (Å²) in [7, 11) is 0. The largest absolute Gasteiger partial charge is 0.372 e. The van der Waals surface area contributed by atoms with E-state index in [1.807, 2.05) is 19.1 Å². The predicted octanol–water partition coefficient (Wildman–Crippen LogP) is 2.71. The van der Waals surface area contributed by atoms with Crippen LogP contribution in [-0.4, -0.2) is 41.2 Å². The second kappa shape index (κ2) is 6.64. The highest BCUT2D eigenvalue weighted by molar-refractivity contribution is 7.09. The van der Waals surface area contributed by atoms with Crippen molar-refractivity contribution < 1.29 is 9.53 Å². The van der Waals surface area contributed by atoms with Crippen LogP contribution in [0.3, 0.4) is 0 Å². The summed E-state index contributed by atoms with van der Waals surface area (Å²) in [5.74, 6) is 0.687. The molecule has 23 heavy (non-hydrogen) atoms. The van der Waals surface area contributed by atoms with Crippen molar-refractivity contribution in [3.05, 3.63) is 34.4 Å². The number of nitrogens with zero attached hydrogens (tertiary/aromatic N) is 3. The number of rotatable bonds is 3. The molecule has 1 fully saturated rings. The summed E-state index contributed by atoms with van der Waals surface area (Å²) in [6.07, 6.45) is 2.05. The van der Waals surface area contributed by atoms with Gasteiger partial charge in [-0.15, -0.1) is 11.3 Å². The highest BCUT2D eigenvalue weighted by Gasteiger charge is 2.23. The Morgan fingerprint density at radius 1 is 1.35 bits per heavy atom. The van der Waals surface area contributed by atoms with Crippen molar-refractivity contribution in [1.29, 1.82) is 0 Å². The maximum absolute atomic E-state index is 12.1. The van der Waals surface area contributed by atoms with Crippen LogP contribution in [0.5, 0.6) is 0 Å². The Bertz CT molecular complexity index is 676. The van der Waals surface area contributed by atoms with Crippen molar-refractivity contribution >= 4 is 28.7 Å². The Morgan fingerprint density at radius 2 is 2.09 bits per heavy atom. The van der Waals surface area contributed by atoms with Crippen LogP contribution >= 0.6 is 11.3 Å². The summed E-state index contributed by atoms with van der Waals surface area (Å²) < 4.78 is 5.73. The maximum atomic E-state index is 12.1. The van der Waals surface area contributed by atoms with Crippen LogP contribution in [0.1, 0.15) is 29.3 Å². The number of aryl methyl sites for hydroxylation is 1. The fourth-order valence-electron chi connectivity index (χ4n) is 2.67. The molecule has 3 rings (SSSR count). The monoisotopic (exact) mass is 332 g/mol. The zero-order chi connectivity index (χ0) is 16.4. The fraction of sp³-hybridized carbons (Fsp3) is 0.438. The lowest BCUT2D eigenvalue weighted by atomic mass is 10.2. The molecule has 6 nitrogen and oxygen atoms in total. The highest BCUT2D eigenvalue weighted by Crippen LogP contribution is 2.20. The number of carbonyl (C=O) groups excluding carboxylic acids is 1. The average molecular weight is 332 g/mol. The van der Waals surface area contributed by atoms with E-state index in [-0.39, 0.29) is 18.1 Å². The molecule has 2 unspecified atom stereocenters. The first kappa shape index (κ1) is 15.9. The average Bonchev–Trinajstić information content (AvgIpc) is 2.94. The van der Waals surface area contributed by atoms with Crippen molar-refractivity contribution in [2.45, 2.75) is 33.0 Å². The van der Waals surface area contributed by atoms with Gasteiger partial charge in [0.05, 0.1) is 29.1 Å². The molecule has 1 amide bonds. The third kappa shape index (κ3) is 3.86. The molecule has 1 N–H and O–H groups in total. The van der Waals surface area contributed by atoms with Gasteiger partial charge in [0.25, 0.3) is 5.91 Å². The molecular weight excluding hydrogens is 312 g/mol. The van der Waals surface area contributed by atoms with Crippen LogP contribution in [0.2, 0.25) is 0 Å². The minimum atomic E-state index is -0.211. The van der Waals surface area contributed by atoms with E-state index in [1.54, 1.807) is 11.6 Å². The summed E-state index contributed by atoms with van der Waals surface area (Å²) in [5.41, 5.74) is 1.10. The van der Waals surface area contributed by atoms with Gasteiger partial charge in [-0.1, -0.05) is 0 Å². The molecule has 1 saturated heterocycles. The number of thiazole rings is 1. The van der Waals surface area contributed by atoms with Gasteiger partial charge in [-0.2, -0.15) is 0 Å². The molecular formula is C16H20N4O2S. The molecule has 1 aliphatic rings. The zero-order valence-corrected chi connectivity index (χ0v) is 14.3. The molecule has 2 aromatic rings. The standard InChI is InChI=1S/C16H20N4O2S/c1-10-7-20(8-11(2)22-10)15-5-4-13(6-17-15)19-16(21)14-9-23-12(3)18-14/h4-6,9-11H,7-8H2,1-3H3,(H,19,21). The second-order valence-corrected chi connectivity index (χ2v) is 6.84. The van der Waals surface area contributed by atoms with Crippen LogP contribution in [-0.2, 0) is 4.74 Å². The number of morpholine rings is 1. The molecule has 1 aliphatic heterocycles. The zero-order valence-electron chi connectivity index (χ0n) is 13.4. The van der Waals surface area contributed by atoms with Gasteiger partial charge in [-0.05, 0) is 32.9 Å². The third-order valence-electron chi connectivity index (χ3n) is 3.60. The molecule has 0 aromatic carbocycles. The van der Waals surface area contributed by atoms with Gasteiger partial charge in [0.15, 0.2) is 0 Å². The Morgan fingerprint density at radius 3 is 2.65 bits per heavy atom. The Labute approximate surface area is 139 Å². The van der Waals surface area contributed by atoms with Crippen LogP contribution in [0.4, 0.5) is 11.5 Å². The van der Waals surface area contributed by atoms with Crippen molar-refractivity contribution in [2.75, 3.05) is 23.3 Å². The first-order valence-electron chi connectivity index (χ1n) is 7.61. The van der Waals surface area contributed by atoms with E-state index >= 15 is 0 Å². The lowest BCUT2D eigenvalue weighted by Gasteiger charge is -2.36. The summed E-state index contributed by atoms with van der Waals surface area (Å²) >= 11 is 1.46. The molecule has 0 aliphatic carbocycles. The molecule has 2 atom stereocenters. The van der Waals surface area contributed by atoms with Crippen LogP contribution in [0.25, 0.3) is 0 Å². The highest BCUT2D eigenvalue weighted by atomic mass is 32.1. The van der Waals surface area contributed by atoms with E-state index in [2.05, 4.69) is 34.0 Å². The van der Waals surface area contributed by atoms with Crippen LogP contribution in [0.15, 0.2) is 23.7 Å². The molecule has 0 radical (unpaired) electrons. The number of pyridine rings is 1. The van der Waals surface area contributed by atoms with E-state index in [9.17, 15) is 4.79 Å². The van der Waals surface area contributed by atoms with E-state index in [1.165, 1.54) is 11.3 Å². The second-order valence-electron chi connectivity index (χ2n) is 5.77. The smallest absolute Gasteiger partial charge is 0.275 e. The van der Waals surface area contributed by atoms with Crippen LogP contribution in [0, 0.1) is 6.92 Å². The molecule has 0 saturated carbocycles. The van der Waals surface area contributed by atoms with Crippen molar-refractivity contribution in [2.24, 2.45) is 0 Å². The minimum absolute atomic E-state index is 0.188. The van der Waals surface area contributed by atoms with Crippen molar-refractivity contribution in [3.63, 3.8) is 0 Å². The summed E-state index contributed by atoms with van der Waals surface area (Å²) in [5, 5.41) is 5.45. The lowest BCUT2D eigenvalue weighted by Crippen LogP contribution is -2.45. The van der Waals surface area contributed by atoms with E-state index in [0.717, 1.165) is 23.9 Å². The van der Waals surface area contributed by atoms with Crippen molar-refractivity contribution in [1.82, 2.24) is 9.97 Å². The number of nitrogens with one attached hydrogen (secondary N) is 1. The molecule has 0 bridgehead atoms. The third-order valence-corrected chi connectivity index (χ3v) is 4.37. The minimum Gasteiger partial charge on any atom is -0.372 e. The number of carbonyl (C=O) groups is 1. The Hall–Kier alpha value is -1.99. The van der Waals surface area contributed by atoms with Gasteiger partial charge in [-0.3, -0.25) is 4.79 Å². The first-order valence-corrected chi connectivity index (χ1v) is 8.49. The van der Waals surface area contributed by atoms with Gasteiger partial charge in [0, 0.05) is 18.5 Å². The fourth-order valence-corrected chi connectivity index (χ4v) is 3.27. The van der Waals surface area contributed by atoms with Crippen LogP contribution < -0.4 is 10.2 Å². The summed E-state index contributed by atoms with van der Waals surface area (Å²) in [6, 6.07) is 3.79.